The van der Waals surface area contributed by atoms with Crippen LogP contribution < -0.4 is 5.90 Å². The van der Waals surface area contributed by atoms with Gasteiger partial charge in [0.15, 0.2) is 0 Å². The summed E-state index contributed by atoms with van der Waals surface area (Å²) in [6.07, 6.45) is 3.47. The van der Waals surface area contributed by atoms with E-state index in [9.17, 15) is 0 Å². The third-order valence-corrected chi connectivity index (χ3v) is 1.71. The van der Waals surface area contributed by atoms with Crippen LogP contribution in [0.2, 0.25) is 0 Å². The van der Waals surface area contributed by atoms with Gasteiger partial charge in [-0.2, -0.15) is 0 Å². The van der Waals surface area contributed by atoms with Crippen molar-refractivity contribution >= 4 is 0 Å². The summed E-state index contributed by atoms with van der Waals surface area (Å²) in [4.78, 5) is 8.65. The molecular weight excluding hydrogens is 140 g/mol. The molecule has 0 aromatic carbocycles. The van der Waals surface area contributed by atoms with Crippen molar-refractivity contribution in [2.45, 2.75) is 20.0 Å². The Balaban J connectivity index is 2.93. The molecule has 1 aromatic rings. The van der Waals surface area contributed by atoms with Crippen molar-refractivity contribution in [1.82, 2.24) is 4.98 Å². The molecule has 0 bridgehead atoms. The highest BCUT2D eigenvalue weighted by atomic mass is 16.6. The maximum atomic E-state index is 5.05. The number of pyridine rings is 1. The standard InChI is InChI=1S/C8H12N2O/c1-6-5-10-4-3-8(6)7(2)11-9/h3-5,7H,9H2,1-2H3. The lowest BCUT2D eigenvalue weighted by atomic mass is 10.1. The SMILES string of the molecule is Cc1cnccc1C(C)ON. The van der Waals surface area contributed by atoms with Gasteiger partial charge in [-0.05, 0) is 31.0 Å². The fourth-order valence-corrected chi connectivity index (χ4v) is 1.01. The van der Waals surface area contributed by atoms with E-state index < -0.39 is 0 Å². The van der Waals surface area contributed by atoms with Crippen LogP contribution in [0.3, 0.4) is 0 Å². The summed E-state index contributed by atoms with van der Waals surface area (Å²) < 4.78 is 0. The lowest BCUT2D eigenvalue weighted by Gasteiger charge is -2.10. The van der Waals surface area contributed by atoms with E-state index in [4.69, 9.17) is 5.90 Å². The second-order valence-electron chi connectivity index (χ2n) is 2.51. The Kier molecular flexibility index (Phi) is 2.57. The molecule has 11 heavy (non-hydrogen) atoms. The van der Waals surface area contributed by atoms with Crippen molar-refractivity contribution in [3.8, 4) is 0 Å². The molecule has 3 nitrogen and oxygen atoms in total. The fourth-order valence-electron chi connectivity index (χ4n) is 1.01. The Bertz CT molecular complexity index is 237. The van der Waals surface area contributed by atoms with Crippen molar-refractivity contribution in [3.63, 3.8) is 0 Å². The summed E-state index contributed by atoms with van der Waals surface area (Å²) in [5.74, 6) is 5.05. The highest BCUT2D eigenvalue weighted by Gasteiger charge is 2.05. The summed E-state index contributed by atoms with van der Waals surface area (Å²) in [7, 11) is 0. The Morgan fingerprint density at radius 2 is 2.36 bits per heavy atom. The normalized spacial score (nSPS) is 13.0. The minimum absolute atomic E-state index is 0.0574. The Labute approximate surface area is 66.2 Å². The number of hydrogen-bond donors (Lipinski definition) is 1. The molecule has 1 heterocycles. The summed E-state index contributed by atoms with van der Waals surface area (Å²) in [6, 6.07) is 1.91. The number of hydrogen-bond acceptors (Lipinski definition) is 3. The number of nitrogens with two attached hydrogens (primary N) is 1. The van der Waals surface area contributed by atoms with Crippen molar-refractivity contribution in [2.24, 2.45) is 5.90 Å². The van der Waals surface area contributed by atoms with Gasteiger partial charge in [0, 0.05) is 12.4 Å². The van der Waals surface area contributed by atoms with Crippen molar-refractivity contribution in [2.75, 3.05) is 0 Å². The molecule has 1 aromatic heterocycles. The van der Waals surface area contributed by atoms with Gasteiger partial charge in [0.2, 0.25) is 0 Å². The molecule has 3 heteroatoms. The molecule has 1 unspecified atom stereocenters. The first kappa shape index (κ1) is 8.17. The molecule has 0 aliphatic heterocycles. The maximum Gasteiger partial charge on any atom is 0.101 e. The first-order valence-electron chi connectivity index (χ1n) is 3.51. The van der Waals surface area contributed by atoms with Crippen LogP contribution >= 0.6 is 0 Å². The minimum Gasteiger partial charge on any atom is -0.297 e. The Morgan fingerprint density at radius 1 is 1.64 bits per heavy atom. The van der Waals surface area contributed by atoms with Crippen LogP contribution in [0.1, 0.15) is 24.2 Å². The largest absolute Gasteiger partial charge is 0.297 e. The van der Waals surface area contributed by atoms with Gasteiger partial charge in [-0.15, -0.1) is 0 Å². The molecule has 0 saturated heterocycles. The zero-order valence-corrected chi connectivity index (χ0v) is 6.74. The van der Waals surface area contributed by atoms with E-state index in [1.54, 1.807) is 12.4 Å². The van der Waals surface area contributed by atoms with Gasteiger partial charge in [0.1, 0.15) is 6.10 Å². The molecular formula is C8H12N2O. The first-order valence-corrected chi connectivity index (χ1v) is 3.51. The Hall–Kier alpha value is -0.930. The smallest absolute Gasteiger partial charge is 0.101 e. The topological polar surface area (TPSA) is 48.1 Å². The molecule has 0 saturated carbocycles. The fraction of sp³-hybridized carbons (Fsp3) is 0.375. The van der Waals surface area contributed by atoms with Crippen LogP contribution in [0.25, 0.3) is 0 Å². The zero-order valence-electron chi connectivity index (χ0n) is 6.74. The monoisotopic (exact) mass is 152 g/mol. The van der Waals surface area contributed by atoms with Crippen molar-refractivity contribution in [3.05, 3.63) is 29.6 Å². The van der Waals surface area contributed by atoms with Gasteiger partial charge in [-0.25, -0.2) is 5.90 Å². The number of rotatable bonds is 2. The van der Waals surface area contributed by atoms with Gasteiger partial charge in [0.25, 0.3) is 0 Å². The van der Waals surface area contributed by atoms with Crippen LogP contribution in [-0.4, -0.2) is 4.98 Å². The van der Waals surface area contributed by atoms with Crippen molar-refractivity contribution in [1.29, 1.82) is 0 Å². The quantitative estimate of drug-likeness (QED) is 0.650. The molecule has 0 radical (unpaired) electrons. The van der Waals surface area contributed by atoms with E-state index in [-0.39, 0.29) is 6.10 Å². The van der Waals surface area contributed by atoms with Gasteiger partial charge >= 0.3 is 0 Å². The molecule has 0 spiro atoms. The van der Waals surface area contributed by atoms with Gasteiger partial charge in [-0.3, -0.25) is 9.82 Å². The maximum absolute atomic E-state index is 5.05. The van der Waals surface area contributed by atoms with Gasteiger partial charge in [-0.1, -0.05) is 0 Å². The second kappa shape index (κ2) is 3.46. The molecule has 2 N–H and O–H groups in total. The van der Waals surface area contributed by atoms with Crippen LogP contribution in [0.15, 0.2) is 18.5 Å². The van der Waals surface area contributed by atoms with Crippen LogP contribution in [-0.2, 0) is 4.84 Å². The predicted molar refractivity (Wildman–Crippen MR) is 42.7 cm³/mol. The first-order chi connectivity index (χ1) is 5.25. The summed E-state index contributed by atoms with van der Waals surface area (Å²) in [6.45, 7) is 3.89. The third-order valence-electron chi connectivity index (χ3n) is 1.71. The third kappa shape index (κ3) is 1.76. The highest BCUT2D eigenvalue weighted by Crippen LogP contribution is 2.16. The van der Waals surface area contributed by atoms with Crippen molar-refractivity contribution < 1.29 is 4.84 Å². The van der Waals surface area contributed by atoms with E-state index in [2.05, 4.69) is 9.82 Å². The molecule has 1 rings (SSSR count). The van der Waals surface area contributed by atoms with Crippen LogP contribution in [0.5, 0.6) is 0 Å². The van der Waals surface area contributed by atoms with E-state index in [1.807, 2.05) is 19.9 Å². The second-order valence-corrected chi connectivity index (χ2v) is 2.51. The molecule has 0 aliphatic rings. The Morgan fingerprint density at radius 3 is 2.91 bits per heavy atom. The predicted octanol–water partition coefficient (Wildman–Crippen LogP) is 1.34. The summed E-state index contributed by atoms with van der Waals surface area (Å²) >= 11 is 0. The van der Waals surface area contributed by atoms with E-state index in [0.717, 1.165) is 11.1 Å². The summed E-state index contributed by atoms with van der Waals surface area (Å²) in [5, 5.41) is 0. The molecule has 0 amide bonds. The van der Waals surface area contributed by atoms with E-state index in [0.29, 0.717) is 0 Å². The molecule has 1 atom stereocenters. The van der Waals surface area contributed by atoms with Gasteiger partial charge in [0.05, 0.1) is 0 Å². The van der Waals surface area contributed by atoms with E-state index in [1.165, 1.54) is 0 Å². The summed E-state index contributed by atoms with van der Waals surface area (Å²) in [5.41, 5.74) is 2.19. The van der Waals surface area contributed by atoms with Crippen LogP contribution in [0, 0.1) is 6.92 Å². The highest BCUT2D eigenvalue weighted by molar-refractivity contribution is 5.23. The number of aryl methyl sites for hydroxylation is 1. The average molecular weight is 152 g/mol. The lowest BCUT2D eigenvalue weighted by Crippen LogP contribution is -2.06. The number of nitrogens with zero attached hydrogens (tertiary/aromatic N) is 1. The minimum atomic E-state index is -0.0574. The molecule has 0 fully saturated rings. The zero-order chi connectivity index (χ0) is 8.27. The van der Waals surface area contributed by atoms with Crippen LogP contribution in [0.4, 0.5) is 0 Å². The van der Waals surface area contributed by atoms with E-state index >= 15 is 0 Å². The van der Waals surface area contributed by atoms with Gasteiger partial charge < -0.3 is 0 Å². The molecule has 60 valence electrons. The lowest BCUT2D eigenvalue weighted by molar-refractivity contribution is 0.0659. The average Bonchev–Trinajstić information content (AvgIpc) is 2.04. The molecule has 0 aliphatic carbocycles. The number of aromatic nitrogens is 1.